The molecule has 0 atom stereocenters. The lowest BCUT2D eigenvalue weighted by Gasteiger charge is -1.99. The molecule has 0 saturated heterocycles. The average Bonchev–Trinajstić information content (AvgIpc) is 2.73. The molecule has 1 heterocycles. The molecule has 2 aromatic rings. The first kappa shape index (κ1) is 12.8. The van der Waals surface area contributed by atoms with Crippen molar-refractivity contribution in [1.29, 1.82) is 0 Å². The van der Waals surface area contributed by atoms with Gasteiger partial charge in [-0.1, -0.05) is 12.1 Å². The highest BCUT2D eigenvalue weighted by molar-refractivity contribution is 8.13. The van der Waals surface area contributed by atoms with E-state index in [1.165, 1.54) is 7.11 Å². The number of rotatable bonds is 3. The van der Waals surface area contributed by atoms with Gasteiger partial charge < -0.3 is 9.15 Å². The number of carbonyl (C=O) groups is 1. The van der Waals surface area contributed by atoms with Crippen LogP contribution in [0.3, 0.4) is 0 Å². The van der Waals surface area contributed by atoms with Gasteiger partial charge in [0.25, 0.3) is 0 Å². The number of hydrogen-bond donors (Lipinski definition) is 0. The van der Waals surface area contributed by atoms with Crippen LogP contribution in [-0.2, 0) is 25.0 Å². The lowest BCUT2D eigenvalue weighted by atomic mass is 10.1. The fourth-order valence-corrected chi connectivity index (χ4v) is 2.05. The van der Waals surface area contributed by atoms with Crippen molar-refractivity contribution in [3.05, 3.63) is 23.8 Å². The summed E-state index contributed by atoms with van der Waals surface area (Å²) in [6.45, 7) is 0. The van der Waals surface area contributed by atoms with Crippen molar-refractivity contribution in [2.45, 2.75) is 11.6 Å². The van der Waals surface area contributed by atoms with E-state index in [2.05, 4.69) is 9.72 Å². The summed E-state index contributed by atoms with van der Waals surface area (Å²) in [5, 5.41) is -0.587. The molecule has 0 amide bonds. The van der Waals surface area contributed by atoms with Crippen LogP contribution in [0.2, 0.25) is 0 Å². The molecular formula is C10H8ClNO5S. The van der Waals surface area contributed by atoms with Crippen LogP contribution in [0.15, 0.2) is 27.8 Å². The molecule has 18 heavy (non-hydrogen) atoms. The summed E-state index contributed by atoms with van der Waals surface area (Å²) in [5.74, 6) is -0.464. The maximum absolute atomic E-state index is 11.2. The van der Waals surface area contributed by atoms with Gasteiger partial charge in [0.05, 0.1) is 13.5 Å². The quantitative estimate of drug-likeness (QED) is 0.628. The second-order valence-corrected chi connectivity index (χ2v) is 5.88. The summed E-state index contributed by atoms with van der Waals surface area (Å²) >= 11 is 0. The largest absolute Gasteiger partial charge is 0.469 e. The topological polar surface area (TPSA) is 86.5 Å². The number of methoxy groups -OCH3 is 1. The van der Waals surface area contributed by atoms with Gasteiger partial charge in [-0.3, -0.25) is 4.79 Å². The van der Waals surface area contributed by atoms with E-state index in [0.717, 1.165) is 0 Å². The Morgan fingerprint density at radius 1 is 1.50 bits per heavy atom. The molecule has 96 valence electrons. The number of hydrogen-bond acceptors (Lipinski definition) is 6. The van der Waals surface area contributed by atoms with Crippen LogP contribution in [0.1, 0.15) is 5.56 Å². The van der Waals surface area contributed by atoms with Crippen LogP contribution in [0, 0.1) is 0 Å². The zero-order valence-electron chi connectivity index (χ0n) is 9.21. The zero-order chi connectivity index (χ0) is 13.3. The number of carbonyl (C=O) groups excluding carboxylic acids is 1. The molecule has 0 fully saturated rings. The van der Waals surface area contributed by atoms with Crippen LogP contribution in [-0.4, -0.2) is 26.5 Å². The van der Waals surface area contributed by atoms with Crippen molar-refractivity contribution in [3.63, 3.8) is 0 Å². The molecule has 0 N–H and O–H groups in total. The second kappa shape index (κ2) is 4.58. The van der Waals surface area contributed by atoms with Crippen molar-refractivity contribution < 1.29 is 22.4 Å². The van der Waals surface area contributed by atoms with Crippen molar-refractivity contribution in [1.82, 2.24) is 4.98 Å². The smallest absolute Gasteiger partial charge is 0.332 e. The minimum absolute atomic E-state index is 0.0369. The SMILES string of the molecule is COC(=O)Cc1cccc2nc(S(=O)(=O)Cl)oc12. The van der Waals surface area contributed by atoms with Gasteiger partial charge >= 0.3 is 20.2 Å². The third-order valence-electron chi connectivity index (χ3n) is 2.25. The molecule has 2 rings (SSSR count). The minimum atomic E-state index is -4.04. The lowest BCUT2D eigenvalue weighted by Crippen LogP contribution is -2.04. The summed E-state index contributed by atoms with van der Waals surface area (Å²) in [5.41, 5.74) is 1.01. The zero-order valence-corrected chi connectivity index (χ0v) is 10.8. The Morgan fingerprint density at radius 3 is 2.83 bits per heavy atom. The molecule has 1 aromatic heterocycles. The van der Waals surface area contributed by atoms with Gasteiger partial charge in [-0.15, -0.1) is 0 Å². The Bertz CT molecular complexity index is 706. The molecule has 0 unspecified atom stereocenters. The molecule has 0 aliphatic heterocycles. The Morgan fingerprint density at radius 2 is 2.22 bits per heavy atom. The van der Waals surface area contributed by atoms with Crippen LogP contribution in [0.5, 0.6) is 0 Å². The first-order valence-corrected chi connectivity index (χ1v) is 7.12. The van der Waals surface area contributed by atoms with Gasteiger partial charge in [0.2, 0.25) is 0 Å². The molecular weight excluding hydrogens is 282 g/mol. The number of oxazole rings is 1. The number of esters is 1. The Labute approximate surface area is 107 Å². The summed E-state index contributed by atoms with van der Waals surface area (Å²) in [4.78, 5) is 14.9. The molecule has 0 aliphatic rings. The number of aromatic nitrogens is 1. The summed E-state index contributed by atoms with van der Waals surface area (Å²) in [6, 6.07) is 4.81. The molecule has 0 bridgehead atoms. The fourth-order valence-electron chi connectivity index (χ4n) is 1.46. The monoisotopic (exact) mass is 289 g/mol. The summed E-state index contributed by atoms with van der Waals surface area (Å²) in [6.07, 6.45) is -0.0369. The predicted octanol–water partition coefficient (Wildman–Crippen LogP) is 1.47. The molecule has 0 saturated carbocycles. The lowest BCUT2D eigenvalue weighted by molar-refractivity contribution is -0.139. The van der Waals surface area contributed by atoms with E-state index in [1.807, 2.05) is 0 Å². The first-order valence-electron chi connectivity index (χ1n) is 4.81. The van der Waals surface area contributed by atoms with E-state index in [0.29, 0.717) is 11.1 Å². The van der Waals surface area contributed by atoms with E-state index >= 15 is 0 Å². The third-order valence-corrected chi connectivity index (χ3v) is 3.24. The van der Waals surface area contributed by atoms with Crippen molar-refractivity contribution in [2.24, 2.45) is 0 Å². The Hall–Kier alpha value is -1.60. The highest BCUT2D eigenvalue weighted by Crippen LogP contribution is 2.24. The molecule has 8 heteroatoms. The van der Waals surface area contributed by atoms with E-state index in [4.69, 9.17) is 15.1 Å². The predicted molar refractivity (Wildman–Crippen MR) is 62.8 cm³/mol. The Kier molecular flexibility index (Phi) is 3.27. The summed E-state index contributed by atoms with van der Waals surface area (Å²) < 4.78 is 31.8. The Balaban J connectivity index is 2.56. The molecule has 0 radical (unpaired) electrons. The highest BCUT2D eigenvalue weighted by atomic mass is 35.7. The highest BCUT2D eigenvalue weighted by Gasteiger charge is 2.20. The van der Waals surface area contributed by atoms with Gasteiger partial charge in [-0.2, -0.15) is 4.98 Å². The van der Waals surface area contributed by atoms with Crippen LogP contribution >= 0.6 is 10.7 Å². The van der Waals surface area contributed by atoms with Gasteiger partial charge in [0, 0.05) is 16.2 Å². The van der Waals surface area contributed by atoms with Crippen molar-refractivity contribution in [2.75, 3.05) is 7.11 Å². The molecule has 6 nitrogen and oxygen atoms in total. The average molecular weight is 290 g/mol. The number of nitrogens with zero attached hydrogens (tertiary/aromatic N) is 1. The van der Waals surface area contributed by atoms with E-state index in [-0.39, 0.29) is 12.0 Å². The van der Waals surface area contributed by atoms with Crippen molar-refractivity contribution >= 4 is 36.8 Å². The maximum atomic E-state index is 11.2. The van der Waals surface area contributed by atoms with Gasteiger partial charge in [0.1, 0.15) is 5.52 Å². The van der Waals surface area contributed by atoms with E-state index in [1.54, 1.807) is 18.2 Å². The number of fused-ring (bicyclic) bond motifs is 1. The van der Waals surface area contributed by atoms with Gasteiger partial charge in [-0.25, -0.2) is 8.42 Å². The first-order chi connectivity index (χ1) is 8.41. The van der Waals surface area contributed by atoms with E-state index in [9.17, 15) is 13.2 Å². The third kappa shape index (κ3) is 2.46. The van der Waals surface area contributed by atoms with Crippen LogP contribution < -0.4 is 0 Å². The number of halogens is 1. The maximum Gasteiger partial charge on any atom is 0.332 e. The molecule has 1 aromatic carbocycles. The molecule has 0 aliphatic carbocycles. The number of para-hydroxylation sites is 1. The minimum Gasteiger partial charge on any atom is -0.469 e. The molecule has 0 spiro atoms. The number of benzene rings is 1. The van der Waals surface area contributed by atoms with Gasteiger partial charge in [0.15, 0.2) is 5.58 Å². The standard InChI is InChI=1S/C10H8ClNO5S/c1-16-8(13)5-6-3-2-4-7-9(6)17-10(12-7)18(11,14)15/h2-4H,5H2,1H3. The number of ether oxygens (including phenoxy) is 1. The van der Waals surface area contributed by atoms with Crippen LogP contribution in [0.25, 0.3) is 11.1 Å². The van der Waals surface area contributed by atoms with Gasteiger partial charge in [-0.05, 0) is 6.07 Å². The summed E-state index contributed by atoms with van der Waals surface area (Å²) in [7, 11) is 2.36. The fraction of sp³-hybridized carbons (Fsp3) is 0.200. The van der Waals surface area contributed by atoms with Crippen molar-refractivity contribution in [3.8, 4) is 0 Å². The van der Waals surface area contributed by atoms with Crippen LogP contribution in [0.4, 0.5) is 0 Å². The second-order valence-electron chi connectivity index (χ2n) is 3.44. The normalized spacial score (nSPS) is 11.7. The van der Waals surface area contributed by atoms with E-state index < -0.39 is 20.2 Å².